The molecule has 0 saturated heterocycles. The number of hydrogen-bond donors (Lipinski definition) is 1. The first kappa shape index (κ1) is 13.4. The summed E-state index contributed by atoms with van der Waals surface area (Å²) in [5.74, 6) is 1.04. The summed E-state index contributed by atoms with van der Waals surface area (Å²) in [5.41, 5.74) is 4.21. The predicted molar refractivity (Wildman–Crippen MR) is 75.0 cm³/mol. The number of nitrogens with zero attached hydrogens (tertiary/aromatic N) is 1. The Morgan fingerprint density at radius 1 is 1.28 bits per heavy atom. The number of likely N-dealkylation sites (N-methyl/N-ethyl adjacent to an activating group) is 1. The van der Waals surface area contributed by atoms with Gasteiger partial charge in [0.2, 0.25) is 0 Å². The summed E-state index contributed by atoms with van der Waals surface area (Å²) in [6.07, 6.45) is 1.16. The van der Waals surface area contributed by atoms with Gasteiger partial charge in [-0.15, -0.1) is 0 Å². The summed E-state index contributed by atoms with van der Waals surface area (Å²) >= 11 is 0. The monoisotopic (exact) mass is 248 g/mol. The predicted octanol–water partition coefficient (Wildman–Crippen LogP) is 2.18. The van der Waals surface area contributed by atoms with Crippen molar-refractivity contribution in [2.75, 3.05) is 26.7 Å². The second-order valence-electron chi connectivity index (χ2n) is 4.81. The first-order valence-electron chi connectivity index (χ1n) is 6.92. The molecule has 1 aliphatic rings. The standard InChI is InChI=1S/C15H24N2O/c1-4-17-7-6-12-8-13(10-16-3)15(18-5-2)9-14(12)11-17/h8-9,16H,4-7,10-11H2,1-3H3. The lowest BCUT2D eigenvalue weighted by atomic mass is 9.96. The van der Waals surface area contributed by atoms with Gasteiger partial charge in [0, 0.05) is 25.2 Å². The normalized spacial score (nSPS) is 15.5. The van der Waals surface area contributed by atoms with Crippen molar-refractivity contribution in [1.82, 2.24) is 10.2 Å². The van der Waals surface area contributed by atoms with Gasteiger partial charge in [-0.3, -0.25) is 4.90 Å². The SMILES string of the molecule is CCOc1cc2c(cc1CNC)CCN(CC)C2. The average Bonchev–Trinajstić information content (AvgIpc) is 2.39. The quantitative estimate of drug-likeness (QED) is 0.864. The molecule has 18 heavy (non-hydrogen) atoms. The van der Waals surface area contributed by atoms with Crippen LogP contribution in [0.1, 0.15) is 30.5 Å². The van der Waals surface area contributed by atoms with Crippen LogP contribution < -0.4 is 10.1 Å². The number of fused-ring (bicyclic) bond motifs is 1. The van der Waals surface area contributed by atoms with Gasteiger partial charge in [0.1, 0.15) is 5.75 Å². The van der Waals surface area contributed by atoms with Crippen LogP contribution >= 0.6 is 0 Å². The summed E-state index contributed by atoms with van der Waals surface area (Å²) in [5, 5.41) is 3.22. The molecule has 0 fully saturated rings. The fourth-order valence-electron chi connectivity index (χ4n) is 2.58. The lowest BCUT2D eigenvalue weighted by Gasteiger charge is -2.28. The Morgan fingerprint density at radius 3 is 2.78 bits per heavy atom. The summed E-state index contributed by atoms with van der Waals surface area (Å²) in [6.45, 7) is 9.24. The van der Waals surface area contributed by atoms with Gasteiger partial charge in [0.25, 0.3) is 0 Å². The van der Waals surface area contributed by atoms with Crippen LogP contribution in [0, 0.1) is 0 Å². The molecule has 3 nitrogen and oxygen atoms in total. The van der Waals surface area contributed by atoms with E-state index in [1.54, 1.807) is 0 Å². The van der Waals surface area contributed by atoms with E-state index in [1.165, 1.54) is 23.2 Å². The molecule has 0 radical (unpaired) electrons. The molecule has 100 valence electrons. The highest BCUT2D eigenvalue weighted by atomic mass is 16.5. The van der Waals surface area contributed by atoms with E-state index in [0.717, 1.165) is 38.4 Å². The third kappa shape index (κ3) is 2.85. The van der Waals surface area contributed by atoms with Gasteiger partial charge in [0.05, 0.1) is 6.61 Å². The van der Waals surface area contributed by atoms with Crippen LogP contribution in [-0.4, -0.2) is 31.6 Å². The summed E-state index contributed by atoms with van der Waals surface area (Å²) in [4.78, 5) is 2.48. The molecular formula is C15H24N2O. The van der Waals surface area contributed by atoms with Gasteiger partial charge >= 0.3 is 0 Å². The minimum absolute atomic E-state index is 0.729. The number of rotatable bonds is 5. The van der Waals surface area contributed by atoms with Crippen molar-refractivity contribution < 1.29 is 4.74 Å². The van der Waals surface area contributed by atoms with E-state index >= 15 is 0 Å². The van der Waals surface area contributed by atoms with Crippen LogP contribution in [-0.2, 0) is 19.5 Å². The lowest BCUT2D eigenvalue weighted by molar-refractivity contribution is 0.266. The van der Waals surface area contributed by atoms with E-state index in [1.807, 2.05) is 14.0 Å². The van der Waals surface area contributed by atoms with Gasteiger partial charge in [0.15, 0.2) is 0 Å². The number of ether oxygens (including phenoxy) is 1. The highest BCUT2D eigenvalue weighted by molar-refractivity contribution is 5.44. The Labute approximate surface area is 110 Å². The Morgan fingerprint density at radius 2 is 2.11 bits per heavy atom. The zero-order valence-corrected chi connectivity index (χ0v) is 11.8. The Kier molecular flexibility index (Phi) is 4.61. The van der Waals surface area contributed by atoms with Gasteiger partial charge in [-0.25, -0.2) is 0 Å². The molecule has 3 heteroatoms. The molecule has 1 aromatic rings. The lowest BCUT2D eigenvalue weighted by Crippen LogP contribution is -2.30. The molecule has 1 heterocycles. The van der Waals surface area contributed by atoms with Crippen LogP contribution in [0.3, 0.4) is 0 Å². The molecule has 0 aliphatic carbocycles. The minimum atomic E-state index is 0.729. The molecule has 0 bridgehead atoms. The van der Waals surface area contributed by atoms with Crippen LogP contribution in [0.2, 0.25) is 0 Å². The van der Waals surface area contributed by atoms with Crippen molar-refractivity contribution in [2.24, 2.45) is 0 Å². The van der Waals surface area contributed by atoms with E-state index in [4.69, 9.17) is 4.74 Å². The first-order valence-corrected chi connectivity index (χ1v) is 6.92. The summed E-state index contributed by atoms with van der Waals surface area (Å²) in [7, 11) is 1.98. The van der Waals surface area contributed by atoms with E-state index in [-0.39, 0.29) is 0 Å². The Hall–Kier alpha value is -1.06. The fourth-order valence-corrected chi connectivity index (χ4v) is 2.58. The molecular weight excluding hydrogens is 224 g/mol. The largest absolute Gasteiger partial charge is 0.494 e. The Balaban J connectivity index is 2.29. The average molecular weight is 248 g/mol. The second kappa shape index (κ2) is 6.21. The zero-order chi connectivity index (χ0) is 13.0. The van der Waals surface area contributed by atoms with E-state index in [2.05, 4.69) is 29.3 Å². The van der Waals surface area contributed by atoms with Gasteiger partial charge < -0.3 is 10.1 Å². The molecule has 0 unspecified atom stereocenters. The van der Waals surface area contributed by atoms with E-state index < -0.39 is 0 Å². The molecule has 0 aromatic heterocycles. The maximum absolute atomic E-state index is 5.77. The van der Waals surface area contributed by atoms with E-state index in [0.29, 0.717) is 0 Å². The van der Waals surface area contributed by atoms with Crippen molar-refractivity contribution in [3.8, 4) is 5.75 Å². The second-order valence-corrected chi connectivity index (χ2v) is 4.81. The number of benzene rings is 1. The Bertz CT molecular complexity index is 404. The highest BCUT2D eigenvalue weighted by Crippen LogP contribution is 2.28. The van der Waals surface area contributed by atoms with Crippen molar-refractivity contribution in [2.45, 2.75) is 33.4 Å². The smallest absolute Gasteiger partial charge is 0.124 e. The van der Waals surface area contributed by atoms with Crippen molar-refractivity contribution >= 4 is 0 Å². The summed E-state index contributed by atoms with van der Waals surface area (Å²) in [6, 6.07) is 4.57. The highest BCUT2D eigenvalue weighted by Gasteiger charge is 2.17. The van der Waals surface area contributed by atoms with Crippen LogP contribution in [0.25, 0.3) is 0 Å². The van der Waals surface area contributed by atoms with Crippen molar-refractivity contribution in [1.29, 1.82) is 0 Å². The topological polar surface area (TPSA) is 24.5 Å². The maximum Gasteiger partial charge on any atom is 0.124 e. The maximum atomic E-state index is 5.77. The van der Waals surface area contributed by atoms with Crippen molar-refractivity contribution in [3.63, 3.8) is 0 Å². The van der Waals surface area contributed by atoms with Gasteiger partial charge in [-0.05, 0) is 44.1 Å². The van der Waals surface area contributed by atoms with Crippen molar-refractivity contribution in [3.05, 3.63) is 28.8 Å². The fraction of sp³-hybridized carbons (Fsp3) is 0.600. The molecule has 2 rings (SSSR count). The molecule has 1 aliphatic heterocycles. The van der Waals surface area contributed by atoms with Crippen LogP contribution in [0.4, 0.5) is 0 Å². The third-order valence-corrected chi connectivity index (χ3v) is 3.59. The molecule has 1 N–H and O–H groups in total. The molecule has 0 amide bonds. The zero-order valence-electron chi connectivity index (χ0n) is 11.8. The molecule has 0 saturated carbocycles. The van der Waals surface area contributed by atoms with Crippen LogP contribution in [0.15, 0.2) is 12.1 Å². The first-order chi connectivity index (χ1) is 8.78. The van der Waals surface area contributed by atoms with Crippen LogP contribution in [0.5, 0.6) is 5.75 Å². The van der Waals surface area contributed by atoms with E-state index in [9.17, 15) is 0 Å². The summed E-state index contributed by atoms with van der Waals surface area (Å²) < 4.78 is 5.77. The number of nitrogens with one attached hydrogen (secondary N) is 1. The number of hydrogen-bond acceptors (Lipinski definition) is 3. The van der Waals surface area contributed by atoms with Gasteiger partial charge in [-0.1, -0.05) is 13.0 Å². The van der Waals surface area contributed by atoms with Gasteiger partial charge in [-0.2, -0.15) is 0 Å². The minimum Gasteiger partial charge on any atom is -0.494 e. The molecule has 0 spiro atoms. The molecule has 1 aromatic carbocycles. The third-order valence-electron chi connectivity index (χ3n) is 3.59. The molecule has 0 atom stereocenters.